The molecule has 0 bridgehead atoms. The zero-order chi connectivity index (χ0) is 22.6. The summed E-state index contributed by atoms with van der Waals surface area (Å²) in [6.45, 7) is 0. The average Bonchev–Trinajstić information content (AvgIpc) is 2.69. The molecule has 0 fully saturated rings. The number of rotatable bonds is 5. The summed E-state index contributed by atoms with van der Waals surface area (Å²) in [4.78, 5) is 14.3. The first-order chi connectivity index (χ1) is 14.6. The Morgan fingerprint density at radius 1 is 0.645 bits per heavy atom. The molecule has 31 heavy (non-hydrogen) atoms. The van der Waals surface area contributed by atoms with Crippen molar-refractivity contribution in [2.75, 3.05) is 0 Å². The predicted molar refractivity (Wildman–Crippen MR) is 103 cm³/mol. The maximum Gasteiger partial charge on any atom is 0.411 e. The maximum atomic E-state index is 12.7. The minimum absolute atomic E-state index is 0.406. The number of hydrogen-bond donors (Lipinski definition) is 0. The third-order valence-electron chi connectivity index (χ3n) is 4.13. The van der Waals surface area contributed by atoms with Crippen LogP contribution in [0.2, 0.25) is 0 Å². The van der Waals surface area contributed by atoms with Gasteiger partial charge in [-0.3, -0.25) is 4.79 Å². The van der Waals surface area contributed by atoms with Gasteiger partial charge in [0.05, 0.1) is 10.9 Å². The van der Waals surface area contributed by atoms with Crippen molar-refractivity contribution >= 4 is 16.9 Å². The molecule has 0 N–H and O–H groups in total. The molecule has 9 heteroatoms. The highest BCUT2D eigenvalue weighted by molar-refractivity contribution is 7.97. The molecule has 2 nitrogen and oxygen atoms in total. The van der Waals surface area contributed by atoms with Crippen LogP contribution in [0.25, 0.3) is 0 Å². The monoisotopic (exact) mass is 457 g/mol. The topological polar surface area (TPSA) is 26.3 Å². The molecule has 0 heterocycles. The highest BCUT2D eigenvalue weighted by atomic mass is 32.2. The lowest BCUT2D eigenvalue weighted by Gasteiger charge is -2.21. The van der Waals surface area contributed by atoms with Gasteiger partial charge in [-0.2, -0.15) is 26.3 Å². The second-order valence-electron chi connectivity index (χ2n) is 6.34. The van der Waals surface area contributed by atoms with Gasteiger partial charge >= 0.3 is 18.3 Å². The zero-order valence-electron chi connectivity index (χ0n) is 15.7. The second kappa shape index (κ2) is 9.05. The molecule has 0 spiro atoms. The Balaban J connectivity index is 1.88. The van der Waals surface area contributed by atoms with Crippen molar-refractivity contribution in [1.82, 2.24) is 0 Å². The molecular weight excluding hydrogens is 442 g/mol. The number of carbonyl (C=O) groups is 1. The van der Waals surface area contributed by atoms with E-state index in [9.17, 15) is 31.1 Å². The molecule has 0 saturated heterocycles. The summed E-state index contributed by atoms with van der Waals surface area (Å²) < 4.78 is 80.6. The normalized spacial score (nSPS) is 12.3. The van der Waals surface area contributed by atoms with Crippen LogP contribution >= 0.6 is 0 Å². The van der Waals surface area contributed by atoms with Crippen molar-refractivity contribution in [2.24, 2.45) is 5.92 Å². The average molecular weight is 457 g/mol. The first-order valence-electron chi connectivity index (χ1n) is 8.87. The summed E-state index contributed by atoms with van der Waals surface area (Å²) in [5.41, 5.74) is 0. The number of esters is 1. The number of carbonyl (C=O) groups excluding carboxylic acids is 1. The van der Waals surface area contributed by atoms with E-state index in [-0.39, 0.29) is 0 Å². The molecule has 0 radical (unpaired) electrons. The standard InChI is InChI=1S/C22H15F6O2S/c23-21(24,25)19(22(26,27)28)20(29)30-15-11-13-18(14-12-15)31(16-7-3-1-4-8-16)17-9-5-2-6-10-17/h1-14,19H/q+1. The van der Waals surface area contributed by atoms with Gasteiger partial charge in [0.1, 0.15) is 5.75 Å². The Kier molecular flexibility index (Phi) is 6.64. The first-order valence-corrected chi connectivity index (χ1v) is 10.1. The lowest BCUT2D eigenvalue weighted by Crippen LogP contribution is -2.44. The fourth-order valence-electron chi connectivity index (χ4n) is 2.79. The fourth-order valence-corrected chi connectivity index (χ4v) is 4.88. The van der Waals surface area contributed by atoms with Crippen LogP contribution < -0.4 is 4.74 Å². The number of hydrogen-bond acceptors (Lipinski definition) is 2. The molecule has 0 saturated carbocycles. The number of benzene rings is 3. The lowest BCUT2D eigenvalue weighted by atomic mass is 10.1. The van der Waals surface area contributed by atoms with Gasteiger partial charge in [-0.15, -0.1) is 0 Å². The van der Waals surface area contributed by atoms with Gasteiger partial charge < -0.3 is 4.74 Å². The molecule has 0 aliphatic rings. The van der Waals surface area contributed by atoms with Crippen LogP contribution in [0.4, 0.5) is 26.3 Å². The molecule has 3 rings (SSSR count). The fraction of sp³-hybridized carbons (Fsp3) is 0.136. The second-order valence-corrected chi connectivity index (χ2v) is 8.37. The van der Waals surface area contributed by atoms with Crippen LogP contribution in [0.5, 0.6) is 5.75 Å². The number of halogens is 6. The minimum atomic E-state index is -5.80. The van der Waals surface area contributed by atoms with Crippen molar-refractivity contribution in [2.45, 2.75) is 27.0 Å². The van der Waals surface area contributed by atoms with Crippen LogP contribution in [0.15, 0.2) is 99.6 Å². The van der Waals surface area contributed by atoms with Crippen molar-refractivity contribution in [3.8, 4) is 5.75 Å². The number of alkyl halides is 6. The summed E-state index contributed by atoms with van der Waals surface area (Å²) >= 11 is 0. The molecule has 0 aromatic heterocycles. The molecule has 162 valence electrons. The van der Waals surface area contributed by atoms with Gasteiger partial charge in [-0.25, -0.2) is 0 Å². The summed E-state index contributed by atoms with van der Waals surface area (Å²) in [5, 5.41) is 0. The molecule has 0 aliphatic carbocycles. The molecule has 0 atom stereocenters. The van der Waals surface area contributed by atoms with Crippen LogP contribution in [-0.2, 0) is 15.7 Å². The van der Waals surface area contributed by atoms with Gasteiger partial charge in [0, 0.05) is 0 Å². The Bertz CT molecular complexity index is 949. The third-order valence-corrected chi connectivity index (χ3v) is 6.36. The van der Waals surface area contributed by atoms with E-state index in [1.165, 1.54) is 24.3 Å². The number of ether oxygens (including phenoxy) is 1. The van der Waals surface area contributed by atoms with E-state index in [1.807, 2.05) is 60.7 Å². The van der Waals surface area contributed by atoms with Gasteiger partial charge in [-0.1, -0.05) is 36.4 Å². The van der Waals surface area contributed by atoms with Gasteiger partial charge in [0.15, 0.2) is 14.7 Å². The molecule has 3 aromatic carbocycles. The minimum Gasteiger partial charge on any atom is -0.426 e. The van der Waals surface area contributed by atoms with Gasteiger partial charge in [0.25, 0.3) is 0 Å². The van der Waals surface area contributed by atoms with Crippen LogP contribution in [0, 0.1) is 5.92 Å². The Morgan fingerprint density at radius 3 is 1.42 bits per heavy atom. The molecule has 0 amide bonds. The van der Waals surface area contributed by atoms with E-state index in [4.69, 9.17) is 0 Å². The summed E-state index contributed by atoms with van der Waals surface area (Å²) in [6, 6.07) is 24.2. The van der Waals surface area contributed by atoms with Crippen molar-refractivity contribution in [3.63, 3.8) is 0 Å². The quantitative estimate of drug-likeness (QED) is 0.191. The van der Waals surface area contributed by atoms with E-state index < -0.39 is 40.9 Å². The van der Waals surface area contributed by atoms with E-state index in [0.717, 1.165) is 14.7 Å². The smallest absolute Gasteiger partial charge is 0.411 e. The predicted octanol–water partition coefficient (Wildman–Crippen LogP) is 6.43. The molecule has 3 aromatic rings. The van der Waals surface area contributed by atoms with Gasteiger partial charge in [0.2, 0.25) is 5.92 Å². The summed E-state index contributed by atoms with van der Waals surface area (Å²) in [7, 11) is -0.573. The van der Waals surface area contributed by atoms with Crippen molar-refractivity contribution in [3.05, 3.63) is 84.9 Å². The van der Waals surface area contributed by atoms with E-state index in [2.05, 4.69) is 4.74 Å². The largest absolute Gasteiger partial charge is 0.426 e. The maximum absolute atomic E-state index is 12.7. The zero-order valence-corrected chi connectivity index (χ0v) is 16.5. The molecule has 0 aliphatic heterocycles. The lowest BCUT2D eigenvalue weighted by molar-refractivity contribution is -0.279. The van der Waals surface area contributed by atoms with E-state index in [0.29, 0.717) is 0 Å². The SMILES string of the molecule is O=C(Oc1ccc([S+](c2ccccc2)c2ccccc2)cc1)C(C(F)(F)F)C(F)(F)F. The van der Waals surface area contributed by atoms with Crippen molar-refractivity contribution < 1.29 is 35.9 Å². The third kappa shape index (κ3) is 5.61. The van der Waals surface area contributed by atoms with Crippen LogP contribution in [0.1, 0.15) is 0 Å². The van der Waals surface area contributed by atoms with Crippen LogP contribution in [0.3, 0.4) is 0 Å². The van der Waals surface area contributed by atoms with Gasteiger partial charge in [-0.05, 0) is 48.5 Å². The summed E-state index contributed by atoms with van der Waals surface area (Å²) in [6.07, 6.45) is -11.6. The molecule has 0 unspecified atom stereocenters. The highest BCUT2D eigenvalue weighted by Crippen LogP contribution is 2.40. The van der Waals surface area contributed by atoms with E-state index >= 15 is 0 Å². The summed E-state index contributed by atoms with van der Waals surface area (Å²) in [5.74, 6) is -7.03. The highest BCUT2D eigenvalue weighted by Gasteiger charge is 2.62. The Labute approximate surface area is 176 Å². The Morgan fingerprint density at radius 2 is 1.03 bits per heavy atom. The Hall–Kier alpha value is -2.94. The molecular formula is C22H15F6O2S+. The van der Waals surface area contributed by atoms with E-state index in [1.54, 1.807) is 0 Å². The van der Waals surface area contributed by atoms with Crippen LogP contribution in [-0.4, -0.2) is 18.3 Å². The van der Waals surface area contributed by atoms with Crippen molar-refractivity contribution in [1.29, 1.82) is 0 Å². The first kappa shape index (κ1) is 22.7.